The molecule has 0 spiro atoms. The first-order valence-corrected chi connectivity index (χ1v) is 18.4. The highest BCUT2D eigenvalue weighted by Gasteiger charge is 2.45. The fourth-order valence-corrected chi connectivity index (χ4v) is 8.40. The lowest BCUT2D eigenvalue weighted by Gasteiger charge is -2.33. The maximum atomic E-state index is 11.8. The van der Waals surface area contributed by atoms with Gasteiger partial charge < -0.3 is 15.1 Å². The highest BCUT2D eigenvalue weighted by atomic mass is 32.1. The lowest BCUT2D eigenvalue weighted by molar-refractivity contribution is -0.667. The molecule has 4 aromatic rings. The van der Waals surface area contributed by atoms with Gasteiger partial charge in [0, 0.05) is 40.9 Å². The van der Waals surface area contributed by atoms with E-state index in [0.717, 1.165) is 75.9 Å². The van der Waals surface area contributed by atoms with Crippen molar-refractivity contribution in [3.8, 4) is 6.07 Å². The highest BCUT2D eigenvalue weighted by molar-refractivity contribution is 7.19. The van der Waals surface area contributed by atoms with E-state index in [2.05, 4.69) is 67.8 Å². The average Bonchev–Trinajstić information content (AvgIpc) is 3.60. The molecule has 0 radical (unpaired) electrons. The summed E-state index contributed by atoms with van der Waals surface area (Å²) in [4.78, 5) is 25.5. The van der Waals surface area contributed by atoms with Gasteiger partial charge in [-0.15, -0.1) is 6.58 Å². The Bertz CT molecular complexity index is 2030. The van der Waals surface area contributed by atoms with Crippen LogP contribution in [0.5, 0.6) is 0 Å². The zero-order valence-electron chi connectivity index (χ0n) is 29.0. The lowest BCUT2D eigenvalue weighted by Crippen LogP contribution is -2.36. The molecule has 3 aromatic carbocycles. The zero-order chi connectivity index (χ0) is 35.7. The number of hydrogen-bond acceptors (Lipinski definition) is 5. The second-order valence-corrected chi connectivity index (χ2v) is 13.9. The molecule has 1 aliphatic heterocycles. The number of thiazole rings is 1. The number of nitriles is 1. The van der Waals surface area contributed by atoms with Crippen molar-refractivity contribution in [2.24, 2.45) is 0 Å². The minimum absolute atomic E-state index is 0.0159. The normalized spacial score (nSPS) is 16.8. The number of carboxylic acid groups (broad SMARTS) is 2. The van der Waals surface area contributed by atoms with Crippen LogP contribution in [0.15, 0.2) is 96.8 Å². The topological polar surface area (TPSA) is 106 Å². The number of benzene rings is 3. The van der Waals surface area contributed by atoms with Crippen molar-refractivity contribution >= 4 is 56.0 Å². The molecule has 7 nitrogen and oxygen atoms in total. The van der Waals surface area contributed by atoms with Crippen molar-refractivity contribution in [2.75, 3.05) is 11.4 Å². The van der Waals surface area contributed by atoms with Gasteiger partial charge in [-0.25, -0.2) is 0 Å². The van der Waals surface area contributed by atoms with Crippen molar-refractivity contribution in [3.63, 3.8) is 0 Å². The maximum absolute atomic E-state index is 11.8. The third kappa shape index (κ3) is 7.74. The second-order valence-electron chi connectivity index (χ2n) is 12.9. The first kappa shape index (κ1) is 36.3. The fourth-order valence-electron chi connectivity index (χ4n) is 7.18. The van der Waals surface area contributed by atoms with Crippen LogP contribution in [0.25, 0.3) is 27.1 Å². The molecule has 0 saturated heterocycles. The number of unbranched alkanes of at least 4 members (excludes halogenated alkanes) is 3. The average molecular weight is 689 g/mol. The Kier molecular flexibility index (Phi) is 12.0. The third-order valence-corrected chi connectivity index (χ3v) is 10.9. The molecule has 8 heteroatoms. The molecule has 0 saturated carbocycles. The zero-order valence-corrected chi connectivity index (χ0v) is 29.8. The molecule has 1 aromatic heterocycles. The lowest BCUT2D eigenvalue weighted by atomic mass is 9.72. The van der Waals surface area contributed by atoms with E-state index >= 15 is 0 Å². The van der Waals surface area contributed by atoms with Crippen molar-refractivity contribution < 1.29 is 24.4 Å². The molecule has 50 heavy (non-hydrogen) atoms. The van der Waals surface area contributed by atoms with E-state index in [-0.39, 0.29) is 12.8 Å². The number of rotatable bonds is 17. The van der Waals surface area contributed by atoms with Crippen molar-refractivity contribution in [3.05, 3.63) is 113 Å². The molecule has 0 fully saturated rings. The van der Waals surface area contributed by atoms with E-state index in [1.807, 2.05) is 47.1 Å². The van der Waals surface area contributed by atoms with Crippen LogP contribution in [0.1, 0.15) is 81.3 Å². The molecular formula is C42H46N3O4S+. The van der Waals surface area contributed by atoms with Gasteiger partial charge in [-0.1, -0.05) is 93.3 Å². The monoisotopic (exact) mass is 688 g/mol. The summed E-state index contributed by atoms with van der Waals surface area (Å²) >= 11 is 1.58. The number of allylic oxidation sites excluding steroid dienone is 6. The molecule has 1 atom stereocenters. The van der Waals surface area contributed by atoms with Gasteiger partial charge in [0.15, 0.2) is 6.54 Å². The predicted octanol–water partition coefficient (Wildman–Crippen LogP) is 9.51. The summed E-state index contributed by atoms with van der Waals surface area (Å²) in [7, 11) is 0. The van der Waals surface area contributed by atoms with Crippen molar-refractivity contribution in [1.29, 1.82) is 5.26 Å². The summed E-state index contributed by atoms with van der Waals surface area (Å²) in [5.74, 6) is -1.73. The highest BCUT2D eigenvalue weighted by Crippen LogP contribution is 2.53. The van der Waals surface area contributed by atoms with Gasteiger partial charge in [-0.3, -0.25) is 9.59 Å². The van der Waals surface area contributed by atoms with Gasteiger partial charge >= 0.3 is 11.9 Å². The minimum Gasteiger partial charge on any atom is -0.481 e. The molecule has 2 heterocycles. The number of aromatic nitrogens is 1. The SMILES string of the molecule is C=CCC1(CCCCCC)\C(=C/C=C(C#N)\C=C\c2sc3c4ccccc4ccc3[n+]2CCC(=O)O)N(CCC(=O)O)c2ccc(CC)cc21. The predicted molar refractivity (Wildman–Crippen MR) is 203 cm³/mol. The van der Waals surface area contributed by atoms with E-state index in [1.165, 1.54) is 11.1 Å². The van der Waals surface area contributed by atoms with Crippen LogP contribution < -0.4 is 9.47 Å². The fraction of sp³-hybridized carbons (Fsp3) is 0.333. The van der Waals surface area contributed by atoms with Gasteiger partial charge in [0.1, 0.15) is 11.1 Å². The number of nitrogens with zero attached hydrogens (tertiary/aromatic N) is 3. The summed E-state index contributed by atoms with van der Waals surface area (Å²) in [6.45, 7) is 9.12. The quantitative estimate of drug-likeness (QED) is 0.0376. The van der Waals surface area contributed by atoms with Crippen LogP contribution in [0.3, 0.4) is 0 Å². The Morgan fingerprint density at radius 2 is 1.84 bits per heavy atom. The summed E-state index contributed by atoms with van der Waals surface area (Å²) in [6.07, 6.45) is 16.3. The molecule has 5 rings (SSSR count). The van der Waals surface area contributed by atoms with Crippen LogP contribution in [0.4, 0.5) is 5.69 Å². The number of anilines is 1. The molecule has 0 bridgehead atoms. The van der Waals surface area contributed by atoms with Gasteiger partial charge in [0.05, 0.1) is 18.1 Å². The number of aryl methyl sites for hydroxylation is 2. The molecule has 2 N–H and O–H groups in total. The standard InChI is InChI=1S/C42H45N3O4S/c1-4-7-8-11-25-42(24-5-2)34-28-30(6-3)14-18-35(34)44(26-22-39(46)47)37(42)20-15-31(29-43)16-21-38-45(27-23-40(48)49)36-19-17-32-12-9-10-13-33(32)41(36)50-38/h5,9-10,12-21,28H,2,4,6-8,11,22-27H2,1,3H3,(H-,46,47,48,49)/p+1. The van der Waals surface area contributed by atoms with E-state index in [9.17, 15) is 25.1 Å². The van der Waals surface area contributed by atoms with E-state index in [0.29, 0.717) is 25.1 Å². The van der Waals surface area contributed by atoms with Crippen LogP contribution in [-0.4, -0.2) is 28.7 Å². The Labute approximate surface area is 298 Å². The Hall–Kier alpha value is -5.00. The van der Waals surface area contributed by atoms with Gasteiger partial charge in [-0.05, 0) is 66.1 Å². The van der Waals surface area contributed by atoms with E-state index in [4.69, 9.17) is 0 Å². The largest absolute Gasteiger partial charge is 0.481 e. The number of aliphatic carboxylic acids is 2. The second kappa shape index (κ2) is 16.6. The number of carboxylic acids is 2. The Morgan fingerprint density at radius 1 is 1.04 bits per heavy atom. The molecule has 0 amide bonds. The summed E-state index contributed by atoms with van der Waals surface area (Å²) in [6, 6.07) is 21.1. The van der Waals surface area contributed by atoms with Gasteiger partial charge in [0.25, 0.3) is 5.01 Å². The number of carbonyl (C=O) groups is 2. The smallest absolute Gasteiger partial charge is 0.309 e. The molecule has 258 valence electrons. The summed E-state index contributed by atoms with van der Waals surface area (Å²) in [5.41, 5.74) is 5.43. The van der Waals surface area contributed by atoms with E-state index in [1.54, 1.807) is 17.4 Å². The molecule has 0 aliphatic carbocycles. The van der Waals surface area contributed by atoms with Crippen molar-refractivity contribution in [1.82, 2.24) is 0 Å². The first-order valence-electron chi connectivity index (χ1n) is 17.6. The Balaban J connectivity index is 1.61. The van der Waals surface area contributed by atoms with Gasteiger partial charge in [0.2, 0.25) is 5.52 Å². The van der Waals surface area contributed by atoms with Crippen LogP contribution >= 0.6 is 11.3 Å². The number of fused-ring (bicyclic) bond motifs is 4. The Morgan fingerprint density at radius 3 is 2.56 bits per heavy atom. The van der Waals surface area contributed by atoms with Crippen molar-refractivity contribution in [2.45, 2.75) is 83.6 Å². The summed E-state index contributed by atoms with van der Waals surface area (Å²) in [5, 5.41) is 32.6. The summed E-state index contributed by atoms with van der Waals surface area (Å²) < 4.78 is 3.09. The number of hydrogen-bond donors (Lipinski definition) is 2. The van der Waals surface area contributed by atoms with E-state index < -0.39 is 17.4 Å². The van der Waals surface area contributed by atoms with Crippen LogP contribution in [-0.2, 0) is 28.0 Å². The van der Waals surface area contributed by atoms with Crippen LogP contribution in [0, 0.1) is 11.3 Å². The third-order valence-electron chi connectivity index (χ3n) is 9.68. The first-order chi connectivity index (χ1) is 24.3. The molecule has 1 aliphatic rings. The minimum atomic E-state index is -0.870. The van der Waals surface area contributed by atoms with Gasteiger partial charge in [-0.2, -0.15) is 9.83 Å². The molecular weight excluding hydrogens is 643 g/mol. The molecule has 1 unspecified atom stereocenters. The van der Waals surface area contributed by atoms with Crippen LogP contribution in [0.2, 0.25) is 0 Å². The maximum Gasteiger partial charge on any atom is 0.309 e.